The monoisotopic (exact) mass is 250 g/mol. The number of rotatable bonds is 1. The SMILES string of the molecule is Clc1cccc2c1NCC(c1cccs1)N2. The minimum Gasteiger partial charge on any atom is -0.380 e. The Morgan fingerprint density at radius 3 is 3.00 bits per heavy atom. The van der Waals surface area contributed by atoms with E-state index in [0.717, 1.165) is 22.9 Å². The fourth-order valence-corrected chi connectivity index (χ4v) is 2.95. The second-order valence-electron chi connectivity index (χ2n) is 3.76. The summed E-state index contributed by atoms with van der Waals surface area (Å²) in [6, 6.07) is 10.5. The molecular formula is C12H11ClN2S. The first-order valence-corrected chi connectivity index (χ1v) is 6.42. The number of fused-ring (bicyclic) bond motifs is 1. The van der Waals surface area contributed by atoms with Crippen molar-refractivity contribution in [3.8, 4) is 0 Å². The van der Waals surface area contributed by atoms with Gasteiger partial charge in [-0.2, -0.15) is 0 Å². The maximum Gasteiger partial charge on any atom is 0.0779 e. The Kier molecular flexibility index (Phi) is 2.50. The number of halogens is 1. The molecule has 1 aromatic heterocycles. The molecule has 3 rings (SSSR count). The van der Waals surface area contributed by atoms with Crippen LogP contribution in [0.1, 0.15) is 10.9 Å². The van der Waals surface area contributed by atoms with Crippen molar-refractivity contribution in [2.24, 2.45) is 0 Å². The van der Waals surface area contributed by atoms with Gasteiger partial charge in [-0.1, -0.05) is 23.7 Å². The summed E-state index contributed by atoms with van der Waals surface area (Å²) in [5, 5.41) is 9.76. The Morgan fingerprint density at radius 1 is 1.25 bits per heavy atom. The van der Waals surface area contributed by atoms with Crippen LogP contribution in [0.25, 0.3) is 0 Å². The summed E-state index contributed by atoms with van der Waals surface area (Å²) in [7, 11) is 0. The largest absolute Gasteiger partial charge is 0.380 e. The quantitative estimate of drug-likeness (QED) is 0.800. The Bertz CT molecular complexity index is 496. The predicted octanol–water partition coefficient (Wildman–Crippen LogP) is 3.98. The smallest absolute Gasteiger partial charge is 0.0779 e. The van der Waals surface area contributed by atoms with Gasteiger partial charge in [0.05, 0.1) is 22.4 Å². The van der Waals surface area contributed by atoms with Crippen LogP contribution in [0.4, 0.5) is 11.4 Å². The van der Waals surface area contributed by atoms with Crippen molar-refractivity contribution >= 4 is 34.3 Å². The summed E-state index contributed by atoms with van der Waals surface area (Å²) < 4.78 is 0. The van der Waals surface area contributed by atoms with Gasteiger partial charge in [-0.05, 0) is 23.6 Å². The van der Waals surface area contributed by atoms with E-state index in [4.69, 9.17) is 11.6 Å². The Hall–Kier alpha value is -1.19. The predicted molar refractivity (Wildman–Crippen MR) is 70.6 cm³/mol. The third-order valence-corrected chi connectivity index (χ3v) is 4.01. The van der Waals surface area contributed by atoms with Crippen molar-refractivity contribution in [2.45, 2.75) is 6.04 Å². The van der Waals surface area contributed by atoms with E-state index in [2.05, 4.69) is 28.1 Å². The average molecular weight is 251 g/mol. The van der Waals surface area contributed by atoms with Crippen LogP contribution in [-0.4, -0.2) is 6.54 Å². The number of nitrogens with one attached hydrogen (secondary N) is 2. The van der Waals surface area contributed by atoms with Gasteiger partial charge in [0, 0.05) is 11.4 Å². The molecule has 1 atom stereocenters. The molecule has 0 fully saturated rings. The number of thiophene rings is 1. The highest BCUT2D eigenvalue weighted by atomic mass is 35.5. The van der Waals surface area contributed by atoms with E-state index in [1.807, 2.05) is 18.2 Å². The van der Waals surface area contributed by atoms with Gasteiger partial charge in [-0.15, -0.1) is 11.3 Å². The molecule has 82 valence electrons. The molecule has 0 saturated heterocycles. The van der Waals surface area contributed by atoms with Crippen LogP contribution >= 0.6 is 22.9 Å². The zero-order valence-electron chi connectivity index (χ0n) is 8.53. The van der Waals surface area contributed by atoms with E-state index >= 15 is 0 Å². The Labute approximate surface area is 103 Å². The minimum atomic E-state index is 0.339. The zero-order chi connectivity index (χ0) is 11.0. The second kappa shape index (κ2) is 4.00. The van der Waals surface area contributed by atoms with Gasteiger partial charge in [-0.3, -0.25) is 0 Å². The van der Waals surface area contributed by atoms with Crippen LogP contribution in [0.2, 0.25) is 5.02 Å². The van der Waals surface area contributed by atoms with Gasteiger partial charge >= 0.3 is 0 Å². The number of anilines is 2. The molecule has 1 aromatic carbocycles. The number of benzene rings is 1. The lowest BCUT2D eigenvalue weighted by Crippen LogP contribution is -2.25. The van der Waals surface area contributed by atoms with E-state index in [1.54, 1.807) is 11.3 Å². The van der Waals surface area contributed by atoms with Crippen LogP contribution in [0, 0.1) is 0 Å². The van der Waals surface area contributed by atoms with E-state index in [-0.39, 0.29) is 0 Å². The summed E-state index contributed by atoms with van der Waals surface area (Å²) in [5.41, 5.74) is 2.09. The number of para-hydroxylation sites is 1. The molecule has 1 aliphatic heterocycles. The van der Waals surface area contributed by atoms with Gasteiger partial charge < -0.3 is 10.6 Å². The molecule has 0 spiro atoms. The highest BCUT2D eigenvalue weighted by Gasteiger charge is 2.20. The van der Waals surface area contributed by atoms with Crippen molar-refractivity contribution in [1.29, 1.82) is 0 Å². The number of hydrogen-bond acceptors (Lipinski definition) is 3. The number of hydrogen-bond donors (Lipinski definition) is 2. The maximum atomic E-state index is 6.11. The maximum absolute atomic E-state index is 6.11. The Balaban J connectivity index is 1.92. The van der Waals surface area contributed by atoms with Gasteiger partial charge in [0.2, 0.25) is 0 Å². The van der Waals surface area contributed by atoms with Crippen LogP contribution < -0.4 is 10.6 Å². The van der Waals surface area contributed by atoms with E-state index in [9.17, 15) is 0 Å². The van der Waals surface area contributed by atoms with Crippen LogP contribution in [0.5, 0.6) is 0 Å². The summed E-state index contributed by atoms with van der Waals surface area (Å²) in [6.07, 6.45) is 0. The first kappa shape index (κ1) is 10.00. The fourth-order valence-electron chi connectivity index (χ4n) is 1.93. The molecule has 0 bridgehead atoms. The topological polar surface area (TPSA) is 24.1 Å². The highest BCUT2D eigenvalue weighted by molar-refractivity contribution is 7.10. The van der Waals surface area contributed by atoms with E-state index < -0.39 is 0 Å². The normalized spacial score (nSPS) is 18.4. The fraction of sp³-hybridized carbons (Fsp3) is 0.167. The van der Waals surface area contributed by atoms with Gasteiger partial charge in [0.1, 0.15) is 0 Å². The van der Waals surface area contributed by atoms with Gasteiger partial charge in [0.15, 0.2) is 0 Å². The van der Waals surface area contributed by atoms with Crippen LogP contribution in [-0.2, 0) is 0 Å². The molecule has 1 unspecified atom stereocenters. The van der Waals surface area contributed by atoms with Crippen molar-refractivity contribution < 1.29 is 0 Å². The van der Waals surface area contributed by atoms with E-state index in [0.29, 0.717) is 6.04 Å². The molecular weight excluding hydrogens is 240 g/mol. The minimum absolute atomic E-state index is 0.339. The molecule has 2 N–H and O–H groups in total. The molecule has 4 heteroatoms. The molecule has 0 amide bonds. The van der Waals surface area contributed by atoms with Crippen molar-refractivity contribution in [3.63, 3.8) is 0 Å². The first-order valence-electron chi connectivity index (χ1n) is 5.17. The third-order valence-electron chi connectivity index (χ3n) is 2.71. The van der Waals surface area contributed by atoms with Gasteiger partial charge in [-0.25, -0.2) is 0 Å². The molecule has 2 heterocycles. The molecule has 0 saturated carbocycles. The second-order valence-corrected chi connectivity index (χ2v) is 5.14. The molecule has 1 aliphatic rings. The standard InChI is InChI=1S/C12H11ClN2S/c13-8-3-1-4-9-12(8)14-7-10(15-9)11-5-2-6-16-11/h1-6,10,14-15H,7H2. The molecule has 0 radical (unpaired) electrons. The van der Waals surface area contributed by atoms with Crippen molar-refractivity contribution in [3.05, 3.63) is 45.6 Å². The molecule has 16 heavy (non-hydrogen) atoms. The first-order chi connectivity index (χ1) is 7.84. The van der Waals surface area contributed by atoms with Crippen LogP contribution in [0.3, 0.4) is 0 Å². The average Bonchev–Trinajstić information content (AvgIpc) is 2.82. The zero-order valence-corrected chi connectivity index (χ0v) is 10.1. The highest BCUT2D eigenvalue weighted by Crippen LogP contribution is 2.37. The third kappa shape index (κ3) is 1.66. The lowest BCUT2D eigenvalue weighted by molar-refractivity contribution is 0.820. The van der Waals surface area contributed by atoms with Crippen LogP contribution in [0.15, 0.2) is 35.7 Å². The van der Waals surface area contributed by atoms with Crippen molar-refractivity contribution in [1.82, 2.24) is 0 Å². The van der Waals surface area contributed by atoms with E-state index in [1.165, 1.54) is 4.88 Å². The lowest BCUT2D eigenvalue weighted by atomic mass is 10.1. The summed E-state index contributed by atoms with van der Waals surface area (Å²) in [5.74, 6) is 0. The summed E-state index contributed by atoms with van der Waals surface area (Å²) in [6.45, 7) is 0.872. The summed E-state index contributed by atoms with van der Waals surface area (Å²) >= 11 is 7.89. The van der Waals surface area contributed by atoms with Gasteiger partial charge in [0.25, 0.3) is 0 Å². The molecule has 0 aliphatic carbocycles. The molecule has 2 nitrogen and oxygen atoms in total. The molecule has 2 aromatic rings. The van der Waals surface area contributed by atoms with Crippen molar-refractivity contribution in [2.75, 3.05) is 17.2 Å². The lowest BCUT2D eigenvalue weighted by Gasteiger charge is -2.28. The summed E-state index contributed by atoms with van der Waals surface area (Å²) in [4.78, 5) is 1.35. The Morgan fingerprint density at radius 2 is 2.19 bits per heavy atom.